The molecule has 0 aliphatic rings. The summed E-state index contributed by atoms with van der Waals surface area (Å²) in [6, 6.07) is 3.92. The first-order valence-corrected chi connectivity index (χ1v) is 6.15. The summed E-state index contributed by atoms with van der Waals surface area (Å²) in [5, 5.41) is 5.89. The van der Waals surface area contributed by atoms with Gasteiger partial charge in [-0.2, -0.15) is 8.78 Å². The number of nitrogens with one attached hydrogen (secondary N) is 2. The van der Waals surface area contributed by atoms with Crippen LogP contribution in [-0.2, 0) is 0 Å². The molecule has 0 heterocycles. The van der Waals surface area contributed by atoms with Crippen molar-refractivity contribution in [1.29, 1.82) is 0 Å². The summed E-state index contributed by atoms with van der Waals surface area (Å²) in [6.45, 7) is 0.705. The largest absolute Gasteiger partial charge is 0.434 e. The van der Waals surface area contributed by atoms with Crippen molar-refractivity contribution in [2.24, 2.45) is 0 Å². The van der Waals surface area contributed by atoms with E-state index in [-0.39, 0.29) is 28.7 Å². The van der Waals surface area contributed by atoms with Gasteiger partial charge < -0.3 is 15.4 Å². The van der Waals surface area contributed by atoms with E-state index in [1.165, 1.54) is 18.2 Å². The predicted molar refractivity (Wildman–Crippen MR) is 76.2 cm³/mol. The Morgan fingerprint density at radius 1 is 1.40 bits per heavy atom. The Bertz CT molecular complexity index is 434. The molecule has 0 saturated heterocycles. The zero-order valence-electron chi connectivity index (χ0n) is 10.8. The summed E-state index contributed by atoms with van der Waals surface area (Å²) in [5.41, 5.74) is -0.00991. The highest BCUT2D eigenvalue weighted by molar-refractivity contribution is 6.31. The first-order valence-electron chi connectivity index (χ1n) is 5.78. The van der Waals surface area contributed by atoms with Gasteiger partial charge in [-0.05, 0) is 24.7 Å². The van der Waals surface area contributed by atoms with Gasteiger partial charge in [0.05, 0.1) is 5.56 Å². The van der Waals surface area contributed by atoms with Crippen LogP contribution in [0.1, 0.15) is 17.3 Å². The number of carbonyl (C=O) groups is 1. The number of carbonyl (C=O) groups excluding carboxylic acids is 1. The minimum atomic E-state index is -2.99. The number of hydrogen-bond donors (Lipinski definition) is 2. The quantitative estimate of drug-likeness (QED) is 0.756. The summed E-state index contributed by atoms with van der Waals surface area (Å²) >= 11 is 5.75. The van der Waals surface area contributed by atoms with E-state index in [4.69, 9.17) is 11.6 Å². The van der Waals surface area contributed by atoms with Crippen molar-refractivity contribution in [1.82, 2.24) is 10.6 Å². The molecule has 114 valence electrons. The van der Waals surface area contributed by atoms with Gasteiger partial charge in [0.1, 0.15) is 5.75 Å². The molecular weight excluding hydrogens is 313 g/mol. The van der Waals surface area contributed by atoms with Gasteiger partial charge in [-0.1, -0.05) is 18.5 Å². The Kier molecular flexibility index (Phi) is 9.20. The maximum Gasteiger partial charge on any atom is 0.387 e. The van der Waals surface area contributed by atoms with Gasteiger partial charge in [0.15, 0.2) is 0 Å². The van der Waals surface area contributed by atoms with E-state index in [1.807, 2.05) is 6.92 Å². The second-order valence-corrected chi connectivity index (χ2v) is 4.06. The van der Waals surface area contributed by atoms with Crippen molar-refractivity contribution in [3.8, 4) is 5.75 Å². The highest BCUT2D eigenvalue weighted by Gasteiger charge is 2.16. The fraction of sp³-hybridized carbons (Fsp3) is 0.417. The number of rotatable bonds is 7. The molecule has 1 amide bonds. The van der Waals surface area contributed by atoms with Crippen molar-refractivity contribution >= 4 is 29.9 Å². The summed E-state index contributed by atoms with van der Waals surface area (Å²) in [6.07, 6.45) is 0. The highest BCUT2D eigenvalue weighted by atomic mass is 35.5. The van der Waals surface area contributed by atoms with Gasteiger partial charge in [0, 0.05) is 18.1 Å². The van der Waals surface area contributed by atoms with Gasteiger partial charge in [-0.15, -0.1) is 12.4 Å². The fourth-order valence-electron chi connectivity index (χ4n) is 1.41. The first-order chi connectivity index (χ1) is 9.04. The standard InChI is InChI=1S/C12H15ClF2N2O2.ClH/c1-2-16-5-6-17-11(18)9-7-8(13)3-4-10(9)19-12(14)15;/h3-4,7,12,16H,2,5-6H2,1H3,(H,17,18);1H. The molecule has 2 N–H and O–H groups in total. The normalized spacial score (nSPS) is 10.1. The zero-order valence-corrected chi connectivity index (χ0v) is 12.4. The number of amides is 1. The second kappa shape index (κ2) is 9.74. The Labute approximate surface area is 127 Å². The third-order valence-electron chi connectivity index (χ3n) is 2.24. The third kappa shape index (κ3) is 6.36. The predicted octanol–water partition coefficient (Wildman–Crippen LogP) is 2.70. The van der Waals surface area contributed by atoms with Crippen LogP contribution in [0.25, 0.3) is 0 Å². The SMILES string of the molecule is CCNCCNC(=O)c1cc(Cl)ccc1OC(F)F.Cl. The zero-order chi connectivity index (χ0) is 14.3. The lowest BCUT2D eigenvalue weighted by molar-refractivity contribution is -0.0501. The molecule has 1 rings (SSSR count). The van der Waals surface area contributed by atoms with E-state index in [0.29, 0.717) is 13.1 Å². The first kappa shape index (κ1) is 18.9. The molecule has 0 atom stereocenters. The van der Waals surface area contributed by atoms with Gasteiger partial charge in [0.25, 0.3) is 5.91 Å². The molecule has 0 bridgehead atoms. The lowest BCUT2D eigenvalue weighted by Crippen LogP contribution is -2.32. The molecule has 0 radical (unpaired) electrons. The molecule has 0 aliphatic carbocycles. The van der Waals surface area contributed by atoms with Gasteiger partial charge in [-0.3, -0.25) is 4.79 Å². The number of alkyl halides is 2. The van der Waals surface area contributed by atoms with Crippen LogP contribution < -0.4 is 15.4 Å². The molecule has 0 saturated carbocycles. The molecule has 4 nitrogen and oxygen atoms in total. The van der Waals surface area contributed by atoms with Crippen LogP contribution in [0.2, 0.25) is 5.02 Å². The third-order valence-corrected chi connectivity index (χ3v) is 2.47. The maximum atomic E-state index is 12.2. The monoisotopic (exact) mass is 328 g/mol. The van der Waals surface area contributed by atoms with E-state index in [1.54, 1.807) is 0 Å². The Hall–Kier alpha value is -1.11. The topological polar surface area (TPSA) is 50.4 Å². The van der Waals surface area contributed by atoms with E-state index < -0.39 is 12.5 Å². The number of benzene rings is 1. The van der Waals surface area contributed by atoms with E-state index in [9.17, 15) is 13.6 Å². The average molecular weight is 329 g/mol. The van der Waals surface area contributed by atoms with Gasteiger partial charge in [0.2, 0.25) is 0 Å². The van der Waals surface area contributed by atoms with Crippen molar-refractivity contribution in [3.05, 3.63) is 28.8 Å². The van der Waals surface area contributed by atoms with Crippen LogP contribution in [-0.4, -0.2) is 32.2 Å². The minimum Gasteiger partial charge on any atom is -0.434 e. The average Bonchev–Trinajstić information content (AvgIpc) is 2.36. The smallest absolute Gasteiger partial charge is 0.387 e. The maximum absolute atomic E-state index is 12.2. The second-order valence-electron chi connectivity index (χ2n) is 3.63. The lowest BCUT2D eigenvalue weighted by Gasteiger charge is -2.11. The molecule has 0 unspecified atom stereocenters. The summed E-state index contributed by atoms with van der Waals surface area (Å²) in [7, 11) is 0. The fourth-order valence-corrected chi connectivity index (χ4v) is 1.59. The minimum absolute atomic E-state index is 0. The summed E-state index contributed by atoms with van der Waals surface area (Å²) in [4.78, 5) is 11.8. The summed E-state index contributed by atoms with van der Waals surface area (Å²) < 4.78 is 28.7. The molecule has 0 aliphatic heterocycles. The van der Waals surface area contributed by atoms with Crippen LogP contribution in [0.15, 0.2) is 18.2 Å². The lowest BCUT2D eigenvalue weighted by atomic mass is 10.2. The molecule has 8 heteroatoms. The van der Waals surface area contributed by atoms with Crippen LogP contribution in [0.3, 0.4) is 0 Å². The molecule has 0 fully saturated rings. The van der Waals surface area contributed by atoms with Crippen molar-refractivity contribution in [2.75, 3.05) is 19.6 Å². The molecule has 1 aromatic carbocycles. The van der Waals surface area contributed by atoms with E-state index in [0.717, 1.165) is 6.54 Å². The molecule has 0 spiro atoms. The molecule has 1 aromatic rings. The van der Waals surface area contributed by atoms with Crippen molar-refractivity contribution in [2.45, 2.75) is 13.5 Å². The number of halogens is 4. The molecule has 0 aromatic heterocycles. The Morgan fingerprint density at radius 3 is 2.70 bits per heavy atom. The number of hydrogen-bond acceptors (Lipinski definition) is 3. The molecular formula is C12H16Cl2F2N2O2. The van der Waals surface area contributed by atoms with Crippen LogP contribution in [0.4, 0.5) is 8.78 Å². The van der Waals surface area contributed by atoms with Crippen LogP contribution in [0.5, 0.6) is 5.75 Å². The number of ether oxygens (including phenoxy) is 1. The van der Waals surface area contributed by atoms with Crippen molar-refractivity contribution in [3.63, 3.8) is 0 Å². The Balaban J connectivity index is 0.00000361. The highest BCUT2D eigenvalue weighted by Crippen LogP contribution is 2.24. The van der Waals surface area contributed by atoms with E-state index >= 15 is 0 Å². The summed E-state index contributed by atoms with van der Waals surface area (Å²) in [5.74, 6) is -0.698. The van der Waals surface area contributed by atoms with E-state index in [2.05, 4.69) is 15.4 Å². The Morgan fingerprint density at radius 2 is 2.10 bits per heavy atom. The van der Waals surface area contributed by atoms with Gasteiger partial charge in [-0.25, -0.2) is 0 Å². The van der Waals surface area contributed by atoms with Crippen LogP contribution >= 0.6 is 24.0 Å². The molecule has 20 heavy (non-hydrogen) atoms. The van der Waals surface area contributed by atoms with Crippen LogP contribution in [0, 0.1) is 0 Å². The van der Waals surface area contributed by atoms with Gasteiger partial charge >= 0.3 is 6.61 Å². The number of likely N-dealkylation sites (N-methyl/N-ethyl adjacent to an activating group) is 1. The van der Waals surface area contributed by atoms with Crippen molar-refractivity contribution < 1.29 is 18.3 Å².